The van der Waals surface area contributed by atoms with Gasteiger partial charge in [-0.2, -0.15) is 0 Å². The highest BCUT2D eigenvalue weighted by Gasteiger charge is 2.37. The highest BCUT2D eigenvalue weighted by molar-refractivity contribution is 7.91. The van der Waals surface area contributed by atoms with Crippen molar-refractivity contribution in [2.75, 3.05) is 31.0 Å². The molecule has 0 saturated carbocycles. The van der Waals surface area contributed by atoms with Crippen molar-refractivity contribution in [1.29, 1.82) is 0 Å². The zero-order valence-corrected chi connectivity index (χ0v) is 19.1. The van der Waals surface area contributed by atoms with E-state index < -0.39 is 34.2 Å². The second-order valence-electron chi connectivity index (χ2n) is 7.31. The fraction of sp³-hybridized carbons (Fsp3) is 0.125. The zero-order chi connectivity index (χ0) is 24.5. The summed E-state index contributed by atoms with van der Waals surface area (Å²) >= 11 is 0. The topological polar surface area (TPSA) is 119 Å². The van der Waals surface area contributed by atoms with Gasteiger partial charge in [0.25, 0.3) is 5.91 Å². The first-order valence-corrected chi connectivity index (χ1v) is 11.6. The summed E-state index contributed by atoms with van der Waals surface area (Å²) in [5.41, 5.74) is 0.238. The van der Waals surface area contributed by atoms with E-state index >= 15 is 0 Å². The van der Waals surface area contributed by atoms with Crippen molar-refractivity contribution in [3.05, 3.63) is 77.9 Å². The predicted octanol–water partition coefficient (Wildman–Crippen LogP) is 2.91. The van der Waals surface area contributed by atoms with Crippen molar-refractivity contribution in [3.63, 3.8) is 0 Å². The van der Waals surface area contributed by atoms with E-state index in [1.807, 2.05) is 0 Å². The van der Waals surface area contributed by atoms with Gasteiger partial charge in [0, 0.05) is 0 Å². The molecule has 1 aliphatic rings. The third kappa shape index (κ3) is 3.99. The van der Waals surface area contributed by atoms with Gasteiger partial charge in [-0.05, 0) is 42.5 Å². The maximum atomic E-state index is 13.5. The van der Waals surface area contributed by atoms with Crippen molar-refractivity contribution in [2.45, 2.75) is 9.79 Å². The first-order valence-electron chi connectivity index (χ1n) is 10.1. The molecule has 2 amide bonds. The first kappa shape index (κ1) is 23.0. The van der Waals surface area contributed by atoms with Gasteiger partial charge in [0.15, 0.2) is 0 Å². The number of sulfone groups is 1. The highest BCUT2D eigenvalue weighted by atomic mass is 32.2. The van der Waals surface area contributed by atoms with Crippen LogP contribution >= 0.6 is 0 Å². The van der Waals surface area contributed by atoms with Gasteiger partial charge in [0.2, 0.25) is 15.7 Å². The summed E-state index contributed by atoms with van der Waals surface area (Å²) in [4.78, 5) is 39.2. The summed E-state index contributed by atoms with van der Waals surface area (Å²) in [6.07, 6.45) is 0. The average molecular weight is 480 g/mol. The molecule has 0 bridgehead atoms. The number of hydrogen-bond acceptors (Lipinski definition) is 7. The van der Waals surface area contributed by atoms with Crippen LogP contribution in [0, 0.1) is 0 Å². The molecule has 1 aliphatic heterocycles. The molecule has 174 valence electrons. The second-order valence-corrected chi connectivity index (χ2v) is 9.20. The highest BCUT2D eigenvalue weighted by Crippen LogP contribution is 2.37. The van der Waals surface area contributed by atoms with E-state index in [9.17, 15) is 22.8 Å². The molecule has 3 aromatic rings. The monoisotopic (exact) mass is 480 g/mol. The van der Waals surface area contributed by atoms with Gasteiger partial charge < -0.3 is 14.8 Å². The number of esters is 1. The average Bonchev–Trinajstić information content (AvgIpc) is 2.92. The van der Waals surface area contributed by atoms with Gasteiger partial charge in [-0.1, -0.05) is 24.3 Å². The molecule has 34 heavy (non-hydrogen) atoms. The number of nitrogens with one attached hydrogen (secondary N) is 1. The standard InChI is InChI=1S/C24H20N2O7S/c1-32-19-9-5-4-8-17(19)25-22(27)14-26-18-13-15(24(29)33-2)11-12-21(18)34(30,31)20-10-6-3-7-16(20)23(26)28/h3-13H,14H2,1-2H3,(H,25,27). The molecule has 0 fully saturated rings. The van der Waals surface area contributed by atoms with Crippen LogP contribution in [0.2, 0.25) is 0 Å². The van der Waals surface area contributed by atoms with E-state index in [1.165, 1.54) is 56.7 Å². The van der Waals surface area contributed by atoms with Crippen LogP contribution < -0.4 is 15.0 Å². The Bertz CT molecular complexity index is 1420. The van der Waals surface area contributed by atoms with Crippen LogP contribution in [0.3, 0.4) is 0 Å². The van der Waals surface area contributed by atoms with Crippen LogP contribution in [0.5, 0.6) is 5.75 Å². The number of fused-ring (bicyclic) bond motifs is 2. The summed E-state index contributed by atoms with van der Waals surface area (Å²) < 4.78 is 36.8. The number of amides is 2. The molecular formula is C24H20N2O7S. The number of hydrogen-bond donors (Lipinski definition) is 1. The van der Waals surface area contributed by atoms with E-state index in [2.05, 4.69) is 5.32 Å². The number of methoxy groups -OCH3 is 2. The Morgan fingerprint density at radius 1 is 0.941 bits per heavy atom. The van der Waals surface area contributed by atoms with Crippen molar-refractivity contribution in [1.82, 2.24) is 0 Å². The molecule has 0 unspecified atom stereocenters. The van der Waals surface area contributed by atoms with Crippen LogP contribution in [0.25, 0.3) is 0 Å². The third-order valence-corrected chi connectivity index (χ3v) is 7.15. The summed E-state index contributed by atoms with van der Waals surface area (Å²) in [5, 5.41) is 2.67. The van der Waals surface area contributed by atoms with Gasteiger partial charge in [0.1, 0.15) is 12.3 Å². The van der Waals surface area contributed by atoms with Crippen LogP contribution in [0.15, 0.2) is 76.5 Å². The molecule has 4 rings (SSSR count). The molecule has 0 spiro atoms. The molecule has 1 N–H and O–H groups in total. The molecule has 0 aliphatic carbocycles. The molecule has 1 heterocycles. The first-order chi connectivity index (χ1) is 16.3. The SMILES string of the molecule is COC(=O)c1ccc2c(c1)N(CC(=O)Nc1ccccc1OC)C(=O)c1ccccc1S2(=O)=O. The molecular weight excluding hydrogens is 460 g/mol. The van der Waals surface area contributed by atoms with Gasteiger partial charge in [-0.15, -0.1) is 0 Å². The maximum absolute atomic E-state index is 13.5. The second kappa shape index (κ2) is 8.99. The van der Waals surface area contributed by atoms with Crippen LogP contribution in [-0.4, -0.2) is 47.0 Å². The Morgan fingerprint density at radius 3 is 2.38 bits per heavy atom. The summed E-state index contributed by atoms with van der Waals surface area (Å²) in [5.74, 6) is -1.59. The van der Waals surface area contributed by atoms with Crippen molar-refractivity contribution in [3.8, 4) is 5.75 Å². The Balaban J connectivity index is 1.83. The number of benzene rings is 3. The van der Waals surface area contributed by atoms with Crippen molar-refractivity contribution in [2.24, 2.45) is 0 Å². The number of nitrogens with zero attached hydrogens (tertiary/aromatic N) is 1. The normalized spacial score (nSPS) is 13.8. The summed E-state index contributed by atoms with van der Waals surface area (Å²) in [7, 11) is -1.49. The molecule has 0 aromatic heterocycles. The Labute approximate surface area is 195 Å². The molecule has 0 radical (unpaired) electrons. The van der Waals surface area contributed by atoms with E-state index in [0.717, 1.165) is 4.90 Å². The smallest absolute Gasteiger partial charge is 0.337 e. The molecule has 3 aromatic carbocycles. The lowest BCUT2D eigenvalue weighted by Crippen LogP contribution is -2.38. The van der Waals surface area contributed by atoms with Gasteiger partial charge in [-0.3, -0.25) is 14.5 Å². The van der Waals surface area contributed by atoms with Crippen molar-refractivity contribution < 1.29 is 32.3 Å². The van der Waals surface area contributed by atoms with Crippen LogP contribution in [0.1, 0.15) is 20.7 Å². The minimum Gasteiger partial charge on any atom is -0.495 e. The Kier molecular flexibility index (Phi) is 6.08. The van der Waals surface area contributed by atoms with Crippen molar-refractivity contribution >= 4 is 39.0 Å². The largest absolute Gasteiger partial charge is 0.495 e. The predicted molar refractivity (Wildman–Crippen MR) is 123 cm³/mol. The zero-order valence-electron chi connectivity index (χ0n) is 18.3. The lowest BCUT2D eigenvalue weighted by Gasteiger charge is -2.23. The lowest BCUT2D eigenvalue weighted by atomic mass is 10.1. The van der Waals surface area contributed by atoms with Crippen LogP contribution in [0.4, 0.5) is 11.4 Å². The fourth-order valence-corrected chi connectivity index (χ4v) is 5.32. The van der Waals surface area contributed by atoms with E-state index in [0.29, 0.717) is 11.4 Å². The van der Waals surface area contributed by atoms with Gasteiger partial charge in [-0.25, -0.2) is 13.2 Å². The number of rotatable bonds is 5. The maximum Gasteiger partial charge on any atom is 0.337 e. The third-order valence-electron chi connectivity index (χ3n) is 5.30. The van der Waals surface area contributed by atoms with E-state index in [4.69, 9.17) is 9.47 Å². The molecule has 10 heteroatoms. The Hall–Kier alpha value is -4.18. The lowest BCUT2D eigenvalue weighted by molar-refractivity contribution is -0.114. The molecule has 9 nitrogen and oxygen atoms in total. The number of anilines is 2. The quantitative estimate of drug-likeness (QED) is 0.558. The summed E-state index contributed by atoms with van der Waals surface area (Å²) in [6, 6.07) is 16.3. The van der Waals surface area contributed by atoms with E-state index in [1.54, 1.807) is 24.3 Å². The molecule has 0 atom stereocenters. The van der Waals surface area contributed by atoms with Gasteiger partial charge in [0.05, 0.1) is 46.5 Å². The molecule has 0 saturated heterocycles. The van der Waals surface area contributed by atoms with Crippen LogP contribution in [-0.2, 0) is 19.4 Å². The minimum atomic E-state index is -4.12. The Morgan fingerprint density at radius 2 is 1.65 bits per heavy atom. The fourth-order valence-electron chi connectivity index (χ4n) is 3.69. The number of ether oxygens (including phenoxy) is 2. The number of carbonyl (C=O) groups excluding carboxylic acids is 3. The minimum absolute atomic E-state index is 0.0327. The van der Waals surface area contributed by atoms with Gasteiger partial charge >= 0.3 is 5.97 Å². The van der Waals surface area contributed by atoms with E-state index in [-0.39, 0.29) is 26.6 Å². The number of carbonyl (C=O) groups is 3. The summed E-state index contributed by atoms with van der Waals surface area (Å²) in [6.45, 7) is -0.516. The number of para-hydroxylation sites is 2.